The van der Waals surface area contributed by atoms with Crippen LogP contribution in [0.25, 0.3) is 10.2 Å². The Morgan fingerprint density at radius 3 is 2.30 bits per heavy atom. The molecule has 1 aromatic heterocycles. The molecule has 9 nitrogen and oxygen atoms in total. The van der Waals surface area contributed by atoms with Crippen LogP contribution in [0.15, 0.2) is 81.2 Å². The summed E-state index contributed by atoms with van der Waals surface area (Å²) in [4.78, 5) is 18.3. The zero-order chi connectivity index (χ0) is 28.7. The number of sulfonamides is 1. The third kappa shape index (κ3) is 7.16. The first-order valence-electron chi connectivity index (χ1n) is 12.0. The zero-order valence-electron chi connectivity index (χ0n) is 21.7. The summed E-state index contributed by atoms with van der Waals surface area (Å²) < 4.78 is 52.9. The first kappa shape index (κ1) is 29.9. The molecule has 0 spiro atoms. The Balaban J connectivity index is 1.66. The average molecular weight is 650 g/mol. The fourth-order valence-corrected chi connectivity index (χ4v) is 6.50. The molecule has 3 aromatic carbocycles. The Bertz CT molecular complexity index is 1590. The van der Waals surface area contributed by atoms with Crippen molar-refractivity contribution in [2.45, 2.75) is 4.90 Å². The second-order valence-corrected chi connectivity index (χ2v) is 12.3. The number of ether oxygens (including phenoxy) is 2. The van der Waals surface area contributed by atoms with E-state index in [0.717, 1.165) is 14.2 Å². The number of rotatable bonds is 12. The molecule has 0 aliphatic rings. The minimum absolute atomic E-state index is 0.0301. The standard InChI is InChI=1S/C27H26BrFN4O5S2/c1-37-15-13-32(14-16-38-2)40(35,36)23-10-5-20(6-11-23)26(34)33(30-18-19-3-8-22(29)9-4-19)27-31-24-12-7-21(28)17-25(24)39-27/h3-12,17-18H,13-16H2,1-2H3/b30-18+. The summed E-state index contributed by atoms with van der Waals surface area (Å²) in [5, 5.41) is 5.84. The van der Waals surface area contributed by atoms with E-state index < -0.39 is 15.9 Å². The molecule has 0 fully saturated rings. The molecule has 40 heavy (non-hydrogen) atoms. The predicted octanol–water partition coefficient (Wildman–Crippen LogP) is 5.16. The third-order valence-corrected chi connectivity index (χ3v) is 9.13. The summed E-state index contributed by atoms with van der Waals surface area (Å²) in [7, 11) is -0.866. The molecule has 13 heteroatoms. The molecule has 210 valence electrons. The lowest BCUT2D eigenvalue weighted by Gasteiger charge is -2.21. The molecule has 4 rings (SSSR count). The van der Waals surface area contributed by atoms with E-state index in [1.54, 1.807) is 0 Å². The summed E-state index contributed by atoms with van der Waals surface area (Å²) in [6.45, 7) is 0.753. The number of carbonyl (C=O) groups excluding carboxylic acids is 1. The van der Waals surface area contributed by atoms with Gasteiger partial charge in [-0.25, -0.2) is 17.8 Å². The van der Waals surface area contributed by atoms with Gasteiger partial charge in [0.05, 0.1) is 34.5 Å². The lowest BCUT2D eigenvalue weighted by Crippen LogP contribution is -2.36. The van der Waals surface area contributed by atoms with Crippen LogP contribution in [-0.2, 0) is 19.5 Å². The van der Waals surface area contributed by atoms with E-state index in [9.17, 15) is 17.6 Å². The van der Waals surface area contributed by atoms with E-state index in [4.69, 9.17) is 9.47 Å². The van der Waals surface area contributed by atoms with Crippen molar-refractivity contribution in [3.63, 3.8) is 0 Å². The Morgan fingerprint density at radius 2 is 1.68 bits per heavy atom. The Kier molecular flexibility index (Phi) is 10.1. The molecule has 1 amide bonds. The van der Waals surface area contributed by atoms with Crippen molar-refractivity contribution < 1.29 is 27.1 Å². The van der Waals surface area contributed by atoms with Gasteiger partial charge in [-0.15, -0.1) is 0 Å². The van der Waals surface area contributed by atoms with Crippen LogP contribution in [0.1, 0.15) is 15.9 Å². The number of hydrogen-bond donors (Lipinski definition) is 0. The van der Waals surface area contributed by atoms with Crippen LogP contribution in [0.4, 0.5) is 9.52 Å². The number of amides is 1. The topological polar surface area (TPSA) is 101 Å². The fourth-order valence-electron chi connectivity index (χ4n) is 3.62. The van der Waals surface area contributed by atoms with Crippen LogP contribution in [-0.4, -0.2) is 70.4 Å². The largest absolute Gasteiger partial charge is 0.383 e. The minimum atomic E-state index is -3.86. The Labute approximate surface area is 244 Å². The number of hydrazone groups is 1. The average Bonchev–Trinajstić information content (AvgIpc) is 3.36. The summed E-state index contributed by atoms with van der Waals surface area (Å²) in [6, 6.07) is 16.9. The highest BCUT2D eigenvalue weighted by atomic mass is 79.9. The second kappa shape index (κ2) is 13.5. The van der Waals surface area contributed by atoms with Gasteiger partial charge >= 0.3 is 0 Å². The van der Waals surface area contributed by atoms with Gasteiger partial charge in [0.25, 0.3) is 5.91 Å². The molecule has 0 aliphatic carbocycles. The number of nitrogens with zero attached hydrogens (tertiary/aromatic N) is 4. The number of hydrogen-bond acceptors (Lipinski definition) is 8. The van der Waals surface area contributed by atoms with Gasteiger partial charge in [-0.2, -0.15) is 14.4 Å². The zero-order valence-corrected chi connectivity index (χ0v) is 24.9. The maximum atomic E-state index is 13.7. The minimum Gasteiger partial charge on any atom is -0.383 e. The van der Waals surface area contributed by atoms with Gasteiger partial charge in [-0.05, 0) is 60.2 Å². The molecule has 4 aromatic rings. The number of carbonyl (C=O) groups is 1. The van der Waals surface area contributed by atoms with E-state index in [2.05, 4.69) is 26.0 Å². The summed E-state index contributed by atoms with van der Waals surface area (Å²) >= 11 is 4.71. The fraction of sp³-hybridized carbons (Fsp3) is 0.222. The van der Waals surface area contributed by atoms with Crippen LogP contribution in [0.2, 0.25) is 0 Å². The van der Waals surface area contributed by atoms with Crippen molar-refractivity contribution in [1.82, 2.24) is 9.29 Å². The molecule has 0 atom stereocenters. The lowest BCUT2D eigenvalue weighted by atomic mass is 10.2. The molecule has 0 radical (unpaired) electrons. The quantitative estimate of drug-likeness (QED) is 0.155. The van der Waals surface area contributed by atoms with Gasteiger partial charge in [-0.1, -0.05) is 39.4 Å². The molecular weight excluding hydrogens is 623 g/mol. The van der Waals surface area contributed by atoms with Crippen molar-refractivity contribution >= 4 is 64.8 Å². The molecule has 1 heterocycles. The first-order chi connectivity index (χ1) is 19.2. The van der Waals surface area contributed by atoms with Crippen molar-refractivity contribution in [3.05, 3.63) is 88.1 Å². The van der Waals surface area contributed by atoms with Gasteiger partial charge < -0.3 is 9.47 Å². The number of aromatic nitrogens is 1. The van der Waals surface area contributed by atoms with Gasteiger partial charge in [0.1, 0.15) is 5.82 Å². The number of fused-ring (bicyclic) bond motifs is 1. The van der Waals surface area contributed by atoms with Crippen molar-refractivity contribution in [2.75, 3.05) is 45.5 Å². The van der Waals surface area contributed by atoms with Crippen LogP contribution < -0.4 is 5.01 Å². The summed E-state index contributed by atoms with van der Waals surface area (Å²) in [5.41, 5.74) is 1.47. The van der Waals surface area contributed by atoms with E-state index in [0.29, 0.717) is 16.2 Å². The third-order valence-electron chi connectivity index (χ3n) is 5.73. The van der Waals surface area contributed by atoms with Crippen LogP contribution in [0.5, 0.6) is 0 Å². The van der Waals surface area contributed by atoms with Crippen molar-refractivity contribution in [3.8, 4) is 0 Å². The first-order valence-corrected chi connectivity index (χ1v) is 15.1. The highest BCUT2D eigenvalue weighted by molar-refractivity contribution is 9.10. The smallest absolute Gasteiger partial charge is 0.280 e. The Morgan fingerprint density at radius 1 is 1.02 bits per heavy atom. The highest BCUT2D eigenvalue weighted by Crippen LogP contribution is 2.32. The van der Waals surface area contributed by atoms with E-state index in [1.807, 2.05) is 18.2 Å². The number of halogens is 2. The maximum absolute atomic E-state index is 13.7. The molecule has 0 saturated carbocycles. The lowest BCUT2D eigenvalue weighted by molar-refractivity contribution is 0.0987. The van der Waals surface area contributed by atoms with Crippen LogP contribution in [0, 0.1) is 5.82 Å². The summed E-state index contributed by atoms with van der Waals surface area (Å²) in [6.07, 6.45) is 1.43. The molecule has 0 bridgehead atoms. The summed E-state index contributed by atoms with van der Waals surface area (Å²) in [5.74, 6) is -0.907. The molecule has 0 N–H and O–H groups in total. The maximum Gasteiger partial charge on any atom is 0.280 e. The number of benzene rings is 3. The molecule has 0 saturated heterocycles. The SMILES string of the molecule is COCCN(CCOC)S(=O)(=O)c1ccc(C(=O)N(/N=C/c2ccc(F)cc2)c2nc3ccc(Br)cc3s2)cc1. The molecule has 0 unspecified atom stereocenters. The molecule has 0 aliphatic heterocycles. The number of thiazole rings is 1. The number of anilines is 1. The van der Waals surface area contributed by atoms with Gasteiger partial charge in [0.2, 0.25) is 15.2 Å². The highest BCUT2D eigenvalue weighted by Gasteiger charge is 2.26. The van der Waals surface area contributed by atoms with Crippen LogP contribution in [0.3, 0.4) is 0 Å². The van der Waals surface area contributed by atoms with Crippen molar-refractivity contribution in [2.24, 2.45) is 5.10 Å². The van der Waals surface area contributed by atoms with Gasteiger partial charge in [-0.3, -0.25) is 4.79 Å². The van der Waals surface area contributed by atoms with Crippen molar-refractivity contribution in [1.29, 1.82) is 0 Å². The molecular formula is C27H26BrFN4O5S2. The van der Waals surface area contributed by atoms with Crippen LogP contribution >= 0.6 is 27.3 Å². The Hall–Kier alpha value is -3.07. The van der Waals surface area contributed by atoms with Gasteiger partial charge in [0, 0.05) is 37.3 Å². The monoisotopic (exact) mass is 648 g/mol. The van der Waals surface area contributed by atoms with E-state index in [1.165, 1.54) is 84.6 Å². The van der Waals surface area contributed by atoms with E-state index in [-0.39, 0.29) is 42.6 Å². The predicted molar refractivity (Wildman–Crippen MR) is 157 cm³/mol. The normalized spacial score (nSPS) is 12.0. The number of methoxy groups -OCH3 is 2. The second-order valence-electron chi connectivity index (χ2n) is 8.44. The van der Waals surface area contributed by atoms with Gasteiger partial charge in [0.15, 0.2) is 0 Å². The van der Waals surface area contributed by atoms with E-state index >= 15 is 0 Å².